The first-order valence-corrected chi connectivity index (χ1v) is 7.15. The summed E-state index contributed by atoms with van der Waals surface area (Å²) in [6.45, 7) is 7.84. The molecule has 1 N–H and O–H groups in total. The zero-order valence-corrected chi connectivity index (χ0v) is 12.1. The van der Waals surface area contributed by atoms with E-state index in [0.717, 1.165) is 38.2 Å². The summed E-state index contributed by atoms with van der Waals surface area (Å²) >= 11 is 0. The van der Waals surface area contributed by atoms with Crippen LogP contribution in [0, 0.1) is 0 Å². The van der Waals surface area contributed by atoms with Crippen LogP contribution in [0.25, 0.3) is 0 Å². The normalized spacial score (nSPS) is 10.7. The second-order valence-electron chi connectivity index (χ2n) is 4.69. The molecule has 0 aliphatic heterocycles. The van der Waals surface area contributed by atoms with Crippen LogP contribution in [0.4, 0.5) is 0 Å². The van der Waals surface area contributed by atoms with Crippen molar-refractivity contribution in [3.63, 3.8) is 0 Å². The van der Waals surface area contributed by atoms with Crippen LogP contribution in [0.1, 0.15) is 38.8 Å². The first-order valence-electron chi connectivity index (χ1n) is 7.15. The predicted octanol–water partition coefficient (Wildman–Crippen LogP) is 2.21. The maximum Gasteiger partial charge on any atom is 0.221 e. The standard InChI is InChI=1S/C15H25N3O/c1-3-10-18(11-4-2)12-8-15(19)17-13-14-7-5-6-9-16-14/h5-7,9H,3-4,8,10-13H2,1-2H3,(H,17,19). The van der Waals surface area contributed by atoms with Gasteiger partial charge in [0.25, 0.3) is 0 Å². The lowest BCUT2D eigenvalue weighted by atomic mass is 10.3. The Balaban J connectivity index is 2.23. The molecule has 4 heteroatoms. The van der Waals surface area contributed by atoms with E-state index in [4.69, 9.17) is 0 Å². The molecule has 0 saturated carbocycles. The summed E-state index contributed by atoms with van der Waals surface area (Å²) in [6, 6.07) is 5.72. The highest BCUT2D eigenvalue weighted by Gasteiger charge is 2.06. The Morgan fingerprint density at radius 2 is 1.95 bits per heavy atom. The van der Waals surface area contributed by atoms with Crippen molar-refractivity contribution in [2.24, 2.45) is 0 Å². The van der Waals surface area contributed by atoms with E-state index in [1.165, 1.54) is 0 Å². The third kappa shape index (κ3) is 6.91. The first-order chi connectivity index (χ1) is 9.26. The molecule has 0 spiro atoms. The fourth-order valence-electron chi connectivity index (χ4n) is 2.01. The molecule has 0 saturated heterocycles. The minimum absolute atomic E-state index is 0.0999. The van der Waals surface area contributed by atoms with Gasteiger partial charge in [0.15, 0.2) is 0 Å². The molecule has 0 aliphatic rings. The molecule has 0 radical (unpaired) electrons. The average Bonchev–Trinajstić information content (AvgIpc) is 2.44. The fraction of sp³-hybridized carbons (Fsp3) is 0.600. The molecule has 0 bridgehead atoms. The third-order valence-corrected chi connectivity index (χ3v) is 2.93. The Hall–Kier alpha value is -1.42. The van der Waals surface area contributed by atoms with E-state index in [0.29, 0.717) is 13.0 Å². The van der Waals surface area contributed by atoms with Gasteiger partial charge in [0.05, 0.1) is 12.2 Å². The summed E-state index contributed by atoms with van der Waals surface area (Å²) in [7, 11) is 0. The van der Waals surface area contributed by atoms with Crippen LogP contribution in [-0.2, 0) is 11.3 Å². The highest BCUT2D eigenvalue weighted by molar-refractivity contribution is 5.75. The van der Waals surface area contributed by atoms with Crippen molar-refractivity contribution in [1.82, 2.24) is 15.2 Å². The molecule has 4 nitrogen and oxygen atoms in total. The van der Waals surface area contributed by atoms with Crippen LogP contribution >= 0.6 is 0 Å². The number of carbonyl (C=O) groups is 1. The van der Waals surface area contributed by atoms with E-state index >= 15 is 0 Å². The Morgan fingerprint density at radius 1 is 1.21 bits per heavy atom. The molecule has 1 rings (SSSR count). The summed E-state index contributed by atoms with van der Waals surface area (Å²) in [5.41, 5.74) is 0.898. The van der Waals surface area contributed by atoms with Crippen LogP contribution in [0.2, 0.25) is 0 Å². The maximum absolute atomic E-state index is 11.8. The van der Waals surface area contributed by atoms with Gasteiger partial charge in [-0.15, -0.1) is 0 Å². The zero-order chi connectivity index (χ0) is 13.9. The van der Waals surface area contributed by atoms with Crippen LogP contribution in [0.5, 0.6) is 0 Å². The molecule has 1 aromatic heterocycles. The molecule has 0 fully saturated rings. The summed E-state index contributed by atoms with van der Waals surface area (Å²) < 4.78 is 0. The van der Waals surface area contributed by atoms with E-state index in [-0.39, 0.29) is 5.91 Å². The van der Waals surface area contributed by atoms with Gasteiger partial charge in [-0.25, -0.2) is 0 Å². The van der Waals surface area contributed by atoms with Crippen molar-refractivity contribution in [2.45, 2.75) is 39.7 Å². The second-order valence-corrected chi connectivity index (χ2v) is 4.69. The number of hydrogen-bond acceptors (Lipinski definition) is 3. The predicted molar refractivity (Wildman–Crippen MR) is 77.7 cm³/mol. The molecule has 1 heterocycles. The number of amides is 1. The minimum atomic E-state index is 0.0999. The Bertz CT molecular complexity index is 348. The van der Waals surface area contributed by atoms with Crippen molar-refractivity contribution in [3.05, 3.63) is 30.1 Å². The van der Waals surface area contributed by atoms with Crippen molar-refractivity contribution >= 4 is 5.91 Å². The van der Waals surface area contributed by atoms with Gasteiger partial charge in [0.2, 0.25) is 5.91 Å². The highest BCUT2D eigenvalue weighted by Crippen LogP contribution is 1.97. The first kappa shape index (κ1) is 15.6. The lowest BCUT2D eigenvalue weighted by Gasteiger charge is -2.20. The molecular formula is C15H25N3O. The summed E-state index contributed by atoms with van der Waals surface area (Å²) in [5.74, 6) is 0.0999. The maximum atomic E-state index is 11.8. The third-order valence-electron chi connectivity index (χ3n) is 2.93. The van der Waals surface area contributed by atoms with Crippen molar-refractivity contribution in [3.8, 4) is 0 Å². The largest absolute Gasteiger partial charge is 0.350 e. The van der Waals surface area contributed by atoms with Crippen LogP contribution < -0.4 is 5.32 Å². The number of nitrogens with one attached hydrogen (secondary N) is 1. The van der Waals surface area contributed by atoms with Gasteiger partial charge in [0.1, 0.15) is 0 Å². The summed E-state index contributed by atoms with van der Waals surface area (Å²) in [5, 5.41) is 2.91. The Labute approximate surface area is 116 Å². The van der Waals surface area contributed by atoms with Gasteiger partial charge in [-0.05, 0) is 38.1 Å². The Kier molecular flexibility index (Phi) is 7.82. The topological polar surface area (TPSA) is 45.2 Å². The number of carbonyl (C=O) groups excluding carboxylic acids is 1. The number of nitrogens with zero attached hydrogens (tertiary/aromatic N) is 2. The second kappa shape index (κ2) is 9.50. The monoisotopic (exact) mass is 263 g/mol. The van der Waals surface area contributed by atoms with Gasteiger partial charge in [-0.1, -0.05) is 19.9 Å². The molecular weight excluding hydrogens is 238 g/mol. The van der Waals surface area contributed by atoms with Crippen molar-refractivity contribution in [2.75, 3.05) is 19.6 Å². The lowest BCUT2D eigenvalue weighted by Crippen LogP contribution is -2.31. The van der Waals surface area contributed by atoms with Crippen molar-refractivity contribution < 1.29 is 4.79 Å². The van der Waals surface area contributed by atoms with Gasteiger partial charge in [-0.2, -0.15) is 0 Å². The van der Waals surface area contributed by atoms with E-state index < -0.39 is 0 Å². The average molecular weight is 263 g/mol. The lowest BCUT2D eigenvalue weighted by molar-refractivity contribution is -0.121. The van der Waals surface area contributed by atoms with Gasteiger partial charge in [0, 0.05) is 19.2 Å². The fourth-order valence-corrected chi connectivity index (χ4v) is 2.01. The summed E-state index contributed by atoms with van der Waals surface area (Å²) in [4.78, 5) is 18.3. The van der Waals surface area contributed by atoms with E-state index in [9.17, 15) is 4.79 Å². The molecule has 0 aliphatic carbocycles. The summed E-state index contributed by atoms with van der Waals surface area (Å²) in [6.07, 6.45) is 4.57. The van der Waals surface area contributed by atoms with Gasteiger partial charge < -0.3 is 10.2 Å². The molecule has 0 atom stereocenters. The minimum Gasteiger partial charge on any atom is -0.350 e. The molecule has 0 aromatic carbocycles. The van der Waals surface area contributed by atoms with Crippen molar-refractivity contribution in [1.29, 1.82) is 0 Å². The number of aromatic nitrogens is 1. The molecule has 106 valence electrons. The smallest absolute Gasteiger partial charge is 0.221 e. The molecule has 19 heavy (non-hydrogen) atoms. The van der Waals surface area contributed by atoms with E-state index in [1.54, 1.807) is 6.20 Å². The molecule has 1 amide bonds. The quantitative estimate of drug-likeness (QED) is 0.743. The van der Waals surface area contributed by atoms with Gasteiger partial charge >= 0.3 is 0 Å². The van der Waals surface area contributed by atoms with E-state index in [2.05, 4.69) is 29.0 Å². The SMILES string of the molecule is CCCN(CCC)CCC(=O)NCc1ccccn1. The highest BCUT2D eigenvalue weighted by atomic mass is 16.1. The number of pyridine rings is 1. The number of hydrogen-bond donors (Lipinski definition) is 1. The van der Waals surface area contributed by atoms with Crippen LogP contribution in [0.15, 0.2) is 24.4 Å². The van der Waals surface area contributed by atoms with Crippen LogP contribution in [0.3, 0.4) is 0 Å². The van der Waals surface area contributed by atoms with E-state index in [1.807, 2.05) is 18.2 Å². The molecule has 0 unspecified atom stereocenters. The Morgan fingerprint density at radius 3 is 2.53 bits per heavy atom. The number of rotatable bonds is 9. The zero-order valence-electron chi connectivity index (χ0n) is 12.1. The van der Waals surface area contributed by atoms with Gasteiger partial charge in [-0.3, -0.25) is 9.78 Å². The molecule has 1 aromatic rings. The van der Waals surface area contributed by atoms with Crippen LogP contribution in [-0.4, -0.2) is 35.4 Å².